The third kappa shape index (κ3) is 2.88. The van der Waals surface area contributed by atoms with E-state index < -0.39 is 5.97 Å². The second kappa shape index (κ2) is 6.32. The second-order valence-corrected chi connectivity index (χ2v) is 5.65. The lowest BCUT2D eigenvalue weighted by Crippen LogP contribution is -2.22. The fourth-order valence-electron chi connectivity index (χ4n) is 2.93. The van der Waals surface area contributed by atoms with E-state index in [1.54, 1.807) is 19.1 Å². The summed E-state index contributed by atoms with van der Waals surface area (Å²) in [4.78, 5) is 23.9. The van der Waals surface area contributed by atoms with Gasteiger partial charge in [-0.25, -0.2) is 0 Å². The maximum Gasteiger partial charge on any atom is 0.308 e. The number of aliphatic carboxylic acids is 1. The number of rotatable bonds is 5. The molecular weight excluding hydrogens is 298 g/mol. The van der Waals surface area contributed by atoms with Gasteiger partial charge in [0.2, 0.25) is 0 Å². The average Bonchev–Trinajstić information content (AvgIpc) is 2.49. The van der Waals surface area contributed by atoms with Crippen LogP contribution in [0.3, 0.4) is 0 Å². The molecule has 1 N–H and O–H groups in total. The van der Waals surface area contributed by atoms with Gasteiger partial charge in [0.25, 0.3) is 0 Å². The average molecular weight is 319 g/mol. The molecule has 0 radical (unpaired) electrons. The van der Waals surface area contributed by atoms with E-state index >= 15 is 0 Å². The zero-order valence-electron chi connectivity index (χ0n) is 14.0. The van der Waals surface area contributed by atoms with Crippen molar-refractivity contribution in [2.24, 2.45) is 0 Å². The Morgan fingerprint density at radius 2 is 1.78 bits per heavy atom. The minimum absolute atomic E-state index is 0.0590. The maximum absolute atomic E-state index is 12.8. The summed E-state index contributed by atoms with van der Waals surface area (Å²) < 4.78 is 12.5. The number of carbonyl (C=O) groups is 1. The molecule has 0 atom stereocenters. The molecule has 1 aromatic carbocycles. The van der Waals surface area contributed by atoms with Gasteiger partial charge in [-0.2, -0.15) is 0 Å². The molecule has 0 aliphatic rings. The summed E-state index contributed by atoms with van der Waals surface area (Å²) in [6, 6.07) is 3.43. The Balaban J connectivity index is 2.98. The first-order chi connectivity index (χ1) is 10.8. The molecule has 0 amide bonds. The molecular formula is C17H21NO5. The van der Waals surface area contributed by atoms with E-state index in [1.165, 1.54) is 14.2 Å². The highest BCUT2D eigenvalue weighted by molar-refractivity contribution is 5.85. The van der Waals surface area contributed by atoms with Crippen LogP contribution < -0.4 is 14.9 Å². The van der Waals surface area contributed by atoms with Gasteiger partial charge in [0.05, 0.1) is 26.2 Å². The van der Waals surface area contributed by atoms with Crippen LogP contribution in [0.5, 0.6) is 11.5 Å². The van der Waals surface area contributed by atoms with Crippen LogP contribution in [0.2, 0.25) is 0 Å². The Kier molecular flexibility index (Phi) is 4.63. The lowest BCUT2D eigenvalue weighted by molar-refractivity contribution is -0.136. The van der Waals surface area contributed by atoms with Crippen molar-refractivity contribution < 1.29 is 19.4 Å². The van der Waals surface area contributed by atoms with Crippen LogP contribution in [0.25, 0.3) is 10.9 Å². The normalized spacial score (nSPS) is 11.0. The molecule has 0 saturated heterocycles. The van der Waals surface area contributed by atoms with Gasteiger partial charge in [0, 0.05) is 28.8 Å². The van der Waals surface area contributed by atoms with Crippen LogP contribution in [0, 0.1) is 6.92 Å². The van der Waals surface area contributed by atoms with Crippen molar-refractivity contribution in [2.45, 2.75) is 33.2 Å². The molecule has 2 rings (SSSR count). The number of carboxylic acids is 1. The highest BCUT2D eigenvalue weighted by atomic mass is 16.5. The van der Waals surface area contributed by atoms with Gasteiger partial charge >= 0.3 is 5.97 Å². The molecule has 0 fully saturated rings. The van der Waals surface area contributed by atoms with Gasteiger partial charge in [-0.3, -0.25) is 9.59 Å². The molecule has 0 bridgehead atoms. The van der Waals surface area contributed by atoms with Crippen LogP contribution in [-0.4, -0.2) is 29.9 Å². The van der Waals surface area contributed by atoms with Gasteiger partial charge in [0.15, 0.2) is 16.9 Å². The summed E-state index contributed by atoms with van der Waals surface area (Å²) in [5, 5.41) is 9.54. The number of hydrogen-bond acceptors (Lipinski definition) is 4. The number of hydrogen-bond donors (Lipinski definition) is 1. The number of ether oxygens (including phenoxy) is 2. The van der Waals surface area contributed by atoms with Gasteiger partial charge < -0.3 is 19.1 Å². The van der Waals surface area contributed by atoms with Crippen molar-refractivity contribution in [1.29, 1.82) is 0 Å². The van der Waals surface area contributed by atoms with E-state index in [0.717, 1.165) is 0 Å². The van der Waals surface area contributed by atoms with Crippen molar-refractivity contribution in [3.05, 3.63) is 33.6 Å². The standard InChI is InChI=1S/C17H21NO5/c1-9(2)18-10(3)11(7-16(19)20)17(21)12-6-14(22-4)15(23-5)8-13(12)18/h6,8-9H,7H2,1-5H3,(H,19,20). The highest BCUT2D eigenvalue weighted by Gasteiger charge is 2.20. The van der Waals surface area contributed by atoms with Crippen LogP contribution >= 0.6 is 0 Å². The zero-order chi connectivity index (χ0) is 17.3. The van der Waals surface area contributed by atoms with Crippen LogP contribution in [0.4, 0.5) is 0 Å². The smallest absolute Gasteiger partial charge is 0.308 e. The number of benzene rings is 1. The van der Waals surface area contributed by atoms with Gasteiger partial charge in [0.1, 0.15) is 0 Å². The predicted molar refractivity (Wildman–Crippen MR) is 87.8 cm³/mol. The van der Waals surface area contributed by atoms with E-state index in [2.05, 4.69) is 0 Å². The molecule has 1 aromatic heterocycles. The van der Waals surface area contributed by atoms with Crippen molar-refractivity contribution in [3.63, 3.8) is 0 Å². The van der Waals surface area contributed by atoms with Crippen molar-refractivity contribution in [1.82, 2.24) is 4.57 Å². The summed E-state index contributed by atoms with van der Waals surface area (Å²) in [5.74, 6) is -0.0583. The summed E-state index contributed by atoms with van der Waals surface area (Å²) >= 11 is 0. The summed E-state index contributed by atoms with van der Waals surface area (Å²) in [6.45, 7) is 5.74. The Morgan fingerprint density at radius 3 is 2.26 bits per heavy atom. The molecule has 0 aliphatic heterocycles. The molecule has 6 nitrogen and oxygen atoms in total. The lowest BCUT2D eigenvalue weighted by Gasteiger charge is -2.22. The van der Waals surface area contributed by atoms with E-state index in [4.69, 9.17) is 14.6 Å². The molecule has 0 unspecified atom stereocenters. The number of aromatic nitrogens is 1. The molecule has 0 saturated carbocycles. The van der Waals surface area contributed by atoms with Crippen molar-refractivity contribution in [2.75, 3.05) is 14.2 Å². The van der Waals surface area contributed by atoms with E-state index in [0.29, 0.717) is 33.7 Å². The molecule has 6 heteroatoms. The molecule has 23 heavy (non-hydrogen) atoms. The summed E-state index contributed by atoms with van der Waals surface area (Å²) in [7, 11) is 3.03. The molecule has 1 heterocycles. The minimum atomic E-state index is -1.03. The lowest BCUT2D eigenvalue weighted by atomic mass is 10.0. The van der Waals surface area contributed by atoms with Gasteiger partial charge in [-0.1, -0.05) is 0 Å². The van der Waals surface area contributed by atoms with Gasteiger partial charge in [-0.05, 0) is 26.8 Å². The molecule has 0 spiro atoms. The SMILES string of the molecule is COc1cc2c(=O)c(CC(=O)O)c(C)n(C(C)C)c2cc1OC. The fraction of sp³-hybridized carbons (Fsp3) is 0.412. The van der Waals surface area contributed by atoms with Crippen LogP contribution in [-0.2, 0) is 11.2 Å². The van der Waals surface area contributed by atoms with Crippen LogP contribution in [0.1, 0.15) is 31.1 Å². The largest absolute Gasteiger partial charge is 0.493 e. The first-order valence-electron chi connectivity index (χ1n) is 7.33. The zero-order valence-corrected chi connectivity index (χ0v) is 14.0. The number of carboxylic acid groups (broad SMARTS) is 1. The summed E-state index contributed by atoms with van der Waals surface area (Å²) in [6.07, 6.45) is -0.304. The molecule has 2 aromatic rings. The summed E-state index contributed by atoms with van der Waals surface area (Å²) in [5.41, 5.74) is 1.38. The molecule has 124 valence electrons. The number of methoxy groups -OCH3 is 2. The highest BCUT2D eigenvalue weighted by Crippen LogP contribution is 2.33. The number of pyridine rings is 1. The van der Waals surface area contributed by atoms with E-state index in [1.807, 2.05) is 18.4 Å². The van der Waals surface area contributed by atoms with Crippen molar-refractivity contribution in [3.8, 4) is 11.5 Å². The monoisotopic (exact) mass is 319 g/mol. The van der Waals surface area contributed by atoms with E-state index in [9.17, 15) is 9.59 Å². The van der Waals surface area contributed by atoms with E-state index in [-0.39, 0.29) is 17.9 Å². The Morgan fingerprint density at radius 1 is 1.22 bits per heavy atom. The minimum Gasteiger partial charge on any atom is -0.493 e. The molecule has 0 aliphatic carbocycles. The Bertz CT molecular complexity index is 820. The third-order valence-corrected chi connectivity index (χ3v) is 3.92. The number of nitrogens with zero attached hydrogens (tertiary/aromatic N) is 1. The van der Waals surface area contributed by atoms with Crippen LogP contribution in [0.15, 0.2) is 16.9 Å². The predicted octanol–water partition coefficient (Wildman–Crippen LogP) is 2.54. The quantitative estimate of drug-likeness (QED) is 0.916. The topological polar surface area (TPSA) is 77.8 Å². The first-order valence-corrected chi connectivity index (χ1v) is 7.33. The maximum atomic E-state index is 12.8. The van der Waals surface area contributed by atoms with Gasteiger partial charge in [-0.15, -0.1) is 0 Å². The van der Waals surface area contributed by atoms with Crippen molar-refractivity contribution >= 4 is 16.9 Å². The number of fused-ring (bicyclic) bond motifs is 1. The second-order valence-electron chi connectivity index (χ2n) is 5.65. The Labute approximate surface area is 134 Å². The first kappa shape index (κ1) is 16.9. The Hall–Kier alpha value is -2.50. The third-order valence-electron chi connectivity index (χ3n) is 3.92. The fourth-order valence-corrected chi connectivity index (χ4v) is 2.93.